The number of H-pyrrole nitrogens is 1. The first-order valence-electron chi connectivity index (χ1n) is 5.43. The van der Waals surface area contributed by atoms with Gasteiger partial charge in [-0.2, -0.15) is 15.1 Å². The van der Waals surface area contributed by atoms with Gasteiger partial charge in [0.25, 0.3) is 0 Å². The molecule has 2 aromatic heterocycles. The van der Waals surface area contributed by atoms with Crippen LogP contribution in [-0.4, -0.2) is 33.3 Å². The van der Waals surface area contributed by atoms with Gasteiger partial charge in [0.2, 0.25) is 5.95 Å². The average molecular weight is 218 g/mol. The van der Waals surface area contributed by atoms with Crippen LogP contribution in [0.15, 0.2) is 6.20 Å². The molecular formula is C10H14N6. The minimum atomic E-state index is 0.540. The fourth-order valence-corrected chi connectivity index (χ4v) is 1.76. The smallest absolute Gasteiger partial charge is 0.226 e. The molecule has 1 saturated carbocycles. The molecule has 3 N–H and O–H groups in total. The first-order chi connectivity index (χ1) is 7.78. The van der Waals surface area contributed by atoms with Crippen molar-refractivity contribution in [2.75, 3.05) is 17.7 Å². The molecule has 1 fully saturated rings. The largest absolute Gasteiger partial charge is 0.366 e. The number of fused-ring (bicyclic) bond motifs is 1. The monoisotopic (exact) mass is 218 g/mol. The number of anilines is 2. The third-order valence-electron chi connectivity index (χ3n) is 2.96. The molecule has 0 saturated heterocycles. The minimum absolute atomic E-state index is 0.540. The molecule has 1 aliphatic carbocycles. The van der Waals surface area contributed by atoms with Crippen LogP contribution in [0.3, 0.4) is 0 Å². The fraction of sp³-hybridized carbons (Fsp3) is 0.500. The van der Waals surface area contributed by atoms with Crippen molar-refractivity contribution in [3.63, 3.8) is 0 Å². The van der Waals surface area contributed by atoms with E-state index in [1.54, 1.807) is 13.2 Å². The number of aromatic nitrogens is 4. The van der Waals surface area contributed by atoms with Crippen LogP contribution in [0.25, 0.3) is 11.0 Å². The van der Waals surface area contributed by atoms with E-state index in [4.69, 9.17) is 0 Å². The van der Waals surface area contributed by atoms with Crippen molar-refractivity contribution < 1.29 is 0 Å². The number of rotatable bonds is 3. The van der Waals surface area contributed by atoms with E-state index < -0.39 is 0 Å². The molecule has 0 aromatic carbocycles. The van der Waals surface area contributed by atoms with Gasteiger partial charge >= 0.3 is 0 Å². The van der Waals surface area contributed by atoms with Gasteiger partial charge in [-0.15, -0.1) is 0 Å². The van der Waals surface area contributed by atoms with E-state index in [1.807, 2.05) is 0 Å². The van der Waals surface area contributed by atoms with Gasteiger partial charge in [0.15, 0.2) is 5.65 Å². The van der Waals surface area contributed by atoms with Crippen LogP contribution >= 0.6 is 0 Å². The molecule has 0 radical (unpaired) electrons. The highest BCUT2D eigenvalue weighted by Crippen LogP contribution is 2.33. The van der Waals surface area contributed by atoms with Crippen LogP contribution < -0.4 is 10.6 Å². The normalized spacial score (nSPS) is 23.4. The molecule has 16 heavy (non-hydrogen) atoms. The van der Waals surface area contributed by atoms with Crippen molar-refractivity contribution in [2.24, 2.45) is 5.92 Å². The van der Waals surface area contributed by atoms with Gasteiger partial charge in [0.05, 0.1) is 11.6 Å². The van der Waals surface area contributed by atoms with Gasteiger partial charge < -0.3 is 10.6 Å². The molecule has 3 rings (SSSR count). The summed E-state index contributed by atoms with van der Waals surface area (Å²) in [5, 5.41) is 14.2. The number of hydrogen-bond acceptors (Lipinski definition) is 5. The quantitative estimate of drug-likeness (QED) is 0.721. The average Bonchev–Trinajstić information content (AvgIpc) is 2.81. The molecule has 6 nitrogen and oxygen atoms in total. The Bertz CT molecular complexity index is 519. The zero-order chi connectivity index (χ0) is 11.1. The highest BCUT2D eigenvalue weighted by atomic mass is 15.2. The molecule has 6 heteroatoms. The number of hydrogen-bond donors (Lipinski definition) is 3. The van der Waals surface area contributed by atoms with E-state index in [0.29, 0.717) is 12.0 Å². The predicted octanol–water partition coefficient (Wildman–Crippen LogP) is 1.21. The highest BCUT2D eigenvalue weighted by molar-refractivity contribution is 5.87. The molecule has 0 amide bonds. The van der Waals surface area contributed by atoms with E-state index in [0.717, 1.165) is 22.8 Å². The Morgan fingerprint density at radius 3 is 2.94 bits per heavy atom. The van der Waals surface area contributed by atoms with Gasteiger partial charge in [-0.3, -0.25) is 5.10 Å². The number of nitrogens with zero attached hydrogens (tertiary/aromatic N) is 3. The maximum Gasteiger partial charge on any atom is 0.226 e. The Balaban J connectivity index is 2.02. The Labute approximate surface area is 92.9 Å². The summed E-state index contributed by atoms with van der Waals surface area (Å²) in [6, 6.07) is 0.540. The molecule has 0 bridgehead atoms. The summed E-state index contributed by atoms with van der Waals surface area (Å²) in [7, 11) is 1.81. The maximum absolute atomic E-state index is 4.41. The summed E-state index contributed by atoms with van der Waals surface area (Å²) in [5.41, 5.74) is 0.759. The lowest BCUT2D eigenvalue weighted by Gasteiger charge is -2.07. The molecule has 2 unspecified atom stereocenters. The van der Waals surface area contributed by atoms with Crippen molar-refractivity contribution in [1.82, 2.24) is 20.2 Å². The van der Waals surface area contributed by atoms with Crippen LogP contribution in [-0.2, 0) is 0 Å². The summed E-state index contributed by atoms with van der Waals surface area (Å²) in [6.07, 6.45) is 2.96. The third kappa shape index (κ3) is 1.46. The lowest BCUT2D eigenvalue weighted by Crippen LogP contribution is -2.08. The summed E-state index contributed by atoms with van der Waals surface area (Å²) < 4.78 is 0. The Morgan fingerprint density at radius 2 is 2.25 bits per heavy atom. The van der Waals surface area contributed by atoms with Crippen LogP contribution in [0, 0.1) is 5.92 Å². The zero-order valence-electron chi connectivity index (χ0n) is 9.28. The summed E-state index contributed by atoms with van der Waals surface area (Å²) in [4.78, 5) is 8.69. The van der Waals surface area contributed by atoms with Crippen molar-refractivity contribution in [1.29, 1.82) is 0 Å². The second-order valence-corrected chi connectivity index (χ2v) is 4.24. The third-order valence-corrected chi connectivity index (χ3v) is 2.96. The predicted molar refractivity (Wildman–Crippen MR) is 62.4 cm³/mol. The van der Waals surface area contributed by atoms with Gasteiger partial charge in [-0.05, 0) is 12.3 Å². The molecule has 1 aliphatic rings. The molecule has 2 atom stereocenters. The van der Waals surface area contributed by atoms with Crippen LogP contribution in [0.2, 0.25) is 0 Å². The van der Waals surface area contributed by atoms with E-state index >= 15 is 0 Å². The van der Waals surface area contributed by atoms with Gasteiger partial charge in [0.1, 0.15) is 5.82 Å². The molecule has 0 spiro atoms. The van der Waals surface area contributed by atoms with Crippen molar-refractivity contribution >= 4 is 22.8 Å². The van der Waals surface area contributed by atoms with E-state index in [-0.39, 0.29) is 0 Å². The van der Waals surface area contributed by atoms with Gasteiger partial charge in [-0.1, -0.05) is 6.92 Å². The SMILES string of the molecule is CNc1nc(NC2CC2C)c2cn[nH]c2n1. The Morgan fingerprint density at radius 1 is 1.44 bits per heavy atom. The lowest BCUT2D eigenvalue weighted by molar-refractivity contribution is 0.924. The fourth-order valence-electron chi connectivity index (χ4n) is 1.76. The van der Waals surface area contributed by atoms with Crippen molar-refractivity contribution in [2.45, 2.75) is 19.4 Å². The first kappa shape index (κ1) is 9.38. The standard InChI is InChI=1S/C10H14N6/c1-5-3-7(5)13-8-6-4-12-16-9(6)15-10(11-2)14-8/h4-5,7H,3H2,1-2H3,(H3,11,12,13,14,15,16). The highest BCUT2D eigenvalue weighted by Gasteiger charge is 2.33. The van der Waals surface area contributed by atoms with E-state index in [1.165, 1.54) is 6.42 Å². The second-order valence-electron chi connectivity index (χ2n) is 4.24. The van der Waals surface area contributed by atoms with Gasteiger partial charge in [-0.25, -0.2) is 0 Å². The topological polar surface area (TPSA) is 78.5 Å². The van der Waals surface area contributed by atoms with Crippen LogP contribution in [0.1, 0.15) is 13.3 Å². The van der Waals surface area contributed by atoms with Crippen LogP contribution in [0.5, 0.6) is 0 Å². The Kier molecular flexibility index (Phi) is 1.95. The van der Waals surface area contributed by atoms with E-state index in [2.05, 4.69) is 37.7 Å². The first-order valence-corrected chi connectivity index (χ1v) is 5.43. The summed E-state index contributed by atoms with van der Waals surface area (Å²) in [5.74, 6) is 2.19. The number of aromatic amines is 1. The molecule has 0 aliphatic heterocycles. The van der Waals surface area contributed by atoms with E-state index in [9.17, 15) is 0 Å². The van der Waals surface area contributed by atoms with Crippen molar-refractivity contribution in [3.8, 4) is 0 Å². The zero-order valence-corrected chi connectivity index (χ0v) is 9.28. The molecular weight excluding hydrogens is 204 g/mol. The van der Waals surface area contributed by atoms with Gasteiger partial charge in [0, 0.05) is 13.1 Å². The molecule has 2 aromatic rings. The van der Waals surface area contributed by atoms with Crippen LogP contribution in [0.4, 0.5) is 11.8 Å². The number of nitrogens with one attached hydrogen (secondary N) is 3. The Hall–Kier alpha value is -1.85. The summed E-state index contributed by atoms with van der Waals surface area (Å²) >= 11 is 0. The minimum Gasteiger partial charge on any atom is -0.366 e. The molecule has 2 heterocycles. The summed E-state index contributed by atoms with van der Waals surface area (Å²) in [6.45, 7) is 2.23. The van der Waals surface area contributed by atoms with Crippen molar-refractivity contribution in [3.05, 3.63) is 6.20 Å². The second kappa shape index (κ2) is 3.33. The maximum atomic E-state index is 4.41. The molecule has 84 valence electrons. The lowest BCUT2D eigenvalue weighted by atomic mass is 10.4.